The molecule has 0 unspecified atom stereocenters. The molecule has 0 radical (unpaired) electrons. The predicted molar refractivity (Wildman–Crippen MR) is 54.1 cm³/mol. The molecule has 0 spiro atoms. The maximum atomic E-state index is 11.3. The van der Waals surface area contributed by atoms with Gasteiger partial charge in [-0.15, -0.1) is 11.3 Å². The Labute approximate surface area is 83.9 Å². The van der Waals surface area contributed by atoms with Gasteiger partial charge in [0.15, 0.2) is 5.13 Å². The fourth-order valence-electron chi connectivity index (χ4n) is 1.06. The number of thiazole rings is 1. The molecule has 2 aromatic rings. The van der Waals surface area contributed by atoms with E-state index in [0.29, 0.717) is 11.7 Å². The summed E-state index contributed by atoms with van der Waals surface area (Å²) in [5.41, 5.74) is 5.40. The summed E-state index contributed by atoms with van der Waals surface area (Å²) in [6, 6.07) is 1.42. The Bertz CT molecular complexity index is 490. The Morgan fingerprint density at radius 3 is 3.07 bits per heavy atom. The highest BCUT2D eigenvalue weighted by atomic mass is 32.1. The van der Waals surface area contributed by atoms with Gasteiger partial charge in [0.05, 0.1) is 12.9 Å². The minimum absolute atomic E-state index is 0.0769. The zero-order chi connectivity index (χ0) is 9.97. The fraction of sp³-hybridized carbons (Fsp3) is 0.125. The van der Waals surface area contributed by atoms with Crippen LogP contribution in [-0.2, 0) is 6.54 Å². The van der Waals surface area contributed by atoms with Crippen molar-refractivity contribution in [1.82, 2.24) is 14.5 Å². The van der Waals surface area contributed by atoms with Gasteiger partial charge in [-0.1, -0.05) is 0 Å². The maximum Gasteiger partial charge on any atom is 0.253 e. The molecule has 0 aliphatic carbocycles. The molecule has 2 aromatic heterocycles. The predicted octanol–water partition coefficient (Wildman–Crippen LogP) is 0.330. The zero-order valence-corrected chi connectivity index (χ0v) is 8.07. The second kappa shape index (κ2) is 3.59. The van der Waals surface area contributed by atoms with Crippen LogP contribution in [0.5, 0.6) is 0 Å². The van der Waals surface area contributed by atoms with E-state index in [0.717, 1.165) is 4.88 Å². The molecule has 2 rings (SSSR count). The standard InChI is InChI=1S/C8H8N4OS/c9-8-11-3-6(14-8)4-12-5-10-2-1-7(12)13/h1-3,5H,4H2,(H2,9,11). The first-order chi connectivity index (χ1) is 6.75. The van der Waals surface area contributed by atoms with Crippen LogP contribution in [0.2, 0.25) is 0 Å². The lowest BCUT2D eigenvalue weighted by molar-refractivity contribution is 0.744. The third kappa shape index (κ3) is 1.80. The molecule has 0 aliphatic rings. The van der Waals surface area contributed by atoms with Crippen molar-refractivity contribution in [3.63, 3.8) is 0 Å². The van der Waals surface area contributed by atoms with Crippen LogP contribution in [0, 0.1) is 0 Å². The number of aromatic nitrogens is 3. The van der Waals surface area contributed by atoms with Crippen LogP contribution in [0.15, 0.2) is 29.6 Å². The van der Waals surface area contributed by atoms with E-state index < -0.39 is 0 Å². The molecule has 0 atom stereocenters. The van der Waals surface area contributed by atoms with Gasteiger partial charge in [-0.3, -0.25) is 9.36 Å². The first-order valence-electron chi connectivity index (χ1n) is 3.96. The van der Waals surface area contributed by atoms with Crippen molar-refractivity contribution in [2.45, 2.75) is 6.54 Å². The number of nitrogen functional groups attached to an aromatic ring is 1. The van der Waals surface area contributed by atoms with E-state index in [1.165, 1.54) is 34.5 Å². The first-order valence-corrected chi connectivity index (χ1v) is 4.78. The van der Waals surface area contributed by atoms with E-state index in [2.05, 4.69) is 9.97 Å². The Morgan fingerprint density at radius 1 is 1.57 bits per heavy atom. The molecule has 2 heterocycles. The molecular formula is C8H8N4OS. The lowest BCUT2D eigenvalue weighted by Gasteiger charge is -1.99. The number of nitrogens with zero attached hydrogens (tertiary/aromatic N) is 3. The third-order valence-electron chi connectivity index (χ3n) is 1.69. The minimum Gasteiger partial charge on any atom is -0.375 e. The number of rotatable bonds is 2. The lowest BCUT2D eigenvalue weighted by atomic mass is 10.5. The van der Waals surface area contributed by atoms with Crippen LogP contribution in [0.1, 0.15) is 4.88 Å². The smallest absolute Gasteiger partial charge is 0.253 e. The van der Waals surface area contributed by atoms with Crippen LogP contribution >= 0.6 is 11.3 Å². The topological polar surface area (TPSA) is 73.8 Å². The molecule has 0 aliphatic heterocycles. The molecule has 5 nitrogen and oxygen atoms in total. The molecule has 0 saturated heterocycles. The summed E-state index contributed by atoms with van der Waals surface area (Å²) in [4.78, 5) is 20.0. The Morgan fingerprint density at radius 2 is 2.43 bits per heavy atom. The Balaban J connectivity index is 2.27. The van der Waals surface area contributed by atoms with E-state index >= 15 is 0 Å². The van der Waals surface area contributed by atoms with Crippen LogP contribution in [-0.4, -0.2) is 14.5 Å². The van der Waals surface area contributed by atoms with Crippen LogP contribution < -0.4 is 11.3 Å². The largest absolute Gasteiger partial charge is 0.375 e. The number of anilines is 1. The molecule has 0 saturated carbocycles. The highest BCUT2D eigenvalue weighted by Crippen LogP contribution is 2.14. The van der Waals surface area contributed by atoms with Crippen molar-refractivity contribution in [1.29, 1.82) is 0 Å². The van der Waals surface area contributed by atoms with E-state index in [4.69, 9.17) is 5.73 Å². The van der Waals surface area contributed by atoms with Gasteiger partial charge < -0.3 is 5.73 Å². The summed E-state index contributed by atoms with van der Waals surface area (Å²) in [6.07, 6.45) is 4.64. The van der Waals surface area contributed by atoms with Crippen molar-refractivity contribution >= 4 is 16.5 Å². The van der Waals surface area contributed by atoms with Crippen molar-refractivity contribution in [2.24, 2.45) is 0 Å². The highest BCUT2D eigenvalue weighted by molar-refractivity contribution is 7.15. The molecule has 0 bridgehead atoms. The molecule has 6 heteroatoms. The third-order valence-corrected chi connectivity index (χ3v) is 2.50. The average molecular weight is 208 g/mol. The van der Waals surface area contributed by atoms with E-state index in [1.54, 1.807) is 6.20 Å². The van der Waals surface area contributed by atoms with Crippen LogP contribution in [0.25, 0.3) is 0 Å². The summed E-state index contributed by atoms with van der Waals surface area (Å²) in [5.74, 6) is 0. The molecule has 72 valence electrons. The number of nitrogens with two attached hydrogens (primary N) is 1. The Hall–Kier alpha value is -1.69. The van der Waals surface area contributed by atoms with Gasteiger partial charge >= 0.3 is 0 Å². The van der Waals surface area contributed by atoms with Crippen molar-refractivity contribution in [2.75, 3.05) is 5.73 Å². The average Bonchev–Trinajstić information content (AvgIpc) is 2.56. The van der Waals surface area contributed by atoms with Gasteiger partial charge in [0.2, 0.25) is 0 Å². The molecule has 14 heavy (non-hydrogen) atoms. The second-order valence-corrected chi connectivity index (χ2v) is 3.86. The zero-order valence-electron chi connectivity index (χ0n) is 7.25. The monoisotopic (exact) mass is 208 g/mol. The first kappa shape index (κ1) is 8.89. The normalized spacial score (nSPS) is 10.3. The minimum atomic E-state index is -0.0769. The van der Waals surface area contributed by atoms with Gasteiger partial charge in [0.1, 0.15) is 0 Å². The highest BCUT2D eigenvalue weighted by Gasteiger charge is 2.00. The summed E-state index contributed by atoms with van der Waals surface area (Å²) >= 11 is 1.37. The number of hydrogen-bond acceptors (Lipinski definition) is 5. The summed E-state index contributed by atoms with van der Waals surface area (Å²) < 4.78 is 1.51. The summed E-state index contributed by atoms with van der Waals surface area (Å²) in [5, 5.41) is 0.511. The lowest BCUT2D eigenvalue weighted by Crippen LogP contribution is -2.18. The van der Waals surface area contributed by atoms with Crippen molar-refractivity contribution in [3.05, 3.63) is 40.0 Å². The van der Waals surface area contributed by atoms with E-state index in [1.807, 2.05) is 0 Å². The van der Waals surface area contributed by atoms with Gasteiger partial charge in [-0.25, -0.2) is 9.97 Å². The van der Waals surface area contributed by atoms with Crippen LogP contribution in [0.4, 0.5) is 5.13 Å². The summed E-state index contributed by atoms with van der Waals surface area (Å²) in [7, 11) is 0. The van der Waals surface area contributed by atoms with Gasteiger partial charge in [-0.05, 0) is 0 Å². The molecule has 2 N–H and O–H groups in total. The molecule has 0 aromatic carbocycles. The quantitative estimate of drug-likeness (QED) is 0.771. The van der Waals surface area contributed by atoms with Gasteiger partial charge in [0, 0.05) is 23.3 Å². The molecular weight excluding hydrogens is 200 g/mol. The Kier molecular flexibility index (Phi) is 2.28. The van der Waals surface area contributed by atoms with Gasteiger partial charge in [0.25, 0.3) is 5.56 Å². The van der Waals surface area contributed by atoms with Crippen LogP contribution in [0.3, 0.4) is 0 Å². The maximum absolute atomic E-state index is 11.3. The van der Waals surface area contributed by atoms with Crippen molar-refractivity contribution in [3.8, 4) is 0 Å². The van der Waals surface area contributed by atoms with Gasteiger partial charge in [-0.2, -0.15) is 0 Å². The van der Waals surface area contributed by atoms with E-state index in [9.17, 15) is 4.79 Å². The SMILES string of the molecule is Nc1ncc(Cn2cnccc2=O)s1. The molecule has 0 amide bonds. The number of hydrogen-bond donors (Lipinski definition) is 1. The second-order valence-electron chi connectivity index (χ2n) is 2.71. The fourth-order valence-corrected chi connectivity index (χ4v) is 1.74. The van der Waals surface area contributed by atoms with E-state index in [-0.39, 0.29) is 5.56 Å². The van der Waals surface area contributed by atoms with Crippen molar-refractivity contribution < 1.29 is 0 Å². The summed E-state index contributed by atoms with van der Waals surface area (Å²) in [6.45, 7) is 0.474. The molecule has 0 fully saturated rings.